The maximum absolute atomic E-state index is 13.2. The van der Waals surface area contributed by atoms with E-state index in [-0.39, 0.29) is 35.1 Å². The Kier molecular flexibility index (Phi) is 4.27. The minimum absolute atomic E-state index is 0.0144. The summed E-state index contributed by atoms with van der Waals surface area (Å²) in [6.07, 6.45) is 8.97. The van der Waals surface area contributed by atoms with Crippen LogP contribution in [0, 0.1) is 28.6 Å². The second kappa shape index (κ2) is 6.16. The van der Waals surface area contributed by atoms with Crippen LogP contribution in [-0.4, -0.2) is 55.3 Å². The summed E-state index contributed by atoms with van der Waals surface area (Å²) in [5, 5.41) is 11.8. The number of carbonyl (C=O) groups is 2. The van der Waals surface area contributed by atoms with Crippen LogP contribution in [0.1, 0.15) is 46.5 Å². The Hall–Kier alpha value is -1.35. The van der Waals surface area contributed by atoms with Crippen LogP contribution in [0.3, 0.4) is 0 Å². The quantitative estimate of drug-likeness (QED) is 0.515. The van der Waals surface area contributed by atoms with Gasteiger partial charge in [0.1, 0.15) is 17.8 Å². The van der Waals surface area contributed by atoms with Gasteiger partial charge in [-0.15, -0.1) is 0 Å². The molecule has 1 aliphatic heterocycles. The normalized spacial score (nSPS) is 50.1. The van der Waals surface area contributed by atoms with E-state index in [1.165, 1.54) is 0 Å². The van der Waals surface area contributed by atoms with Crippen molar-refractivity contribution in [3.05, 3.63) is 23.8 Å². The van der Waals surface area contributed by atoms with Gasteiger partial charge in [0.2, 0.25) is 0 Å². The van der Waals surface area contributed by atoms with Crippen molar-refractivity contribution in [2.75, 3.05) is 12.9 Å². The van der Waals surface area contributed by atoms with E-state index in [9.17, 15) is 23.1 Å². The average Bonchev–Trinajstić information content (AvgIpc) is 3.36. The minimum Gasteiger partial charge on any atom is -0.381 e. The van der Waals surface area contributed by atoms with Crippen LogP contribution in [0.25, 0.3) is 0 Å². The zero-order valence-corrected chi connectivity index (χ0v) is 19.2. The Morgan fingerprint density at radius 2 is 2.03 bits per heavy atom. The summed E-state index contributed by atoms with van der Waals surface area (Å²) >= 11 is 0. The molecule has 0 bridgehead atoms. The van der Waals surface area contributed by atoms with Gasteiger partial charge in [-0.25, -0.2) is 0 Å². The van der Waals surface area contributed by atoms with Crippen LogP contribution in [-0.2, 0) is 28.6 Å². The molecule has 8 atom stereocenters. The van der Waals surface area contributed by atoms with E-state index in [2.05, 4.69) is 6.92 Å². The summed E-state index contributed by atoms with van der Waals surface area (Å²) in [4.78, 5) is 25.1. The zero-order valence-electron chi connectivity index (χ0n) is 18.4. The molecule has 4 aliphatic carbocycles. The van der Waals surface area contributed by atoms with Crippen molar-refractivity contribution >= 4 is 21.7 Å². The van der Waals surface area contributed by atoms with Crippen LogP contribution in [0.4, 0.5) is 0 Å². The third-order valence-corrected chi connectivity index (χ3v) is 9.89. The van der Waals surface area contributed by atoms with Crippen LogP contribution in [0.2, 0.25) is 0 Å². The lowest BCUT2D eigenvalue weighted by molar-refractivity contribution is -0.165. The number of rotatable bonds is 4. The smallest absolute Gasteiger partial charge is 0.264 e. The molecular weight excluding hydrogens is 420 g/mol. The highest BCUT2D eigenvalue weighted by Crippen LogP contribution is 2.76. The fraction of sp³-hybridized carbons (Fsp3) is 0.739. The largest absolute Gasteiger partial charge is 0.381 e. The van der Waals surface area contributed by atoms with E-state index >= 15 is 0 Å². The van der Waals surface area contributed by atoms with Gasteiger partial charge >= 0.3 is 0 Å². The molecule has 3 saturated carbocycles. The van der Waals surface area contributed by atoms with E-state index in [1.807, 2.05) is 19.9 Å². The summed E-state index contributed by atoms with van der Waals surface area (Å²) in [6, 6.07) is 0. The molecule has 4 fully saturated rings. The first kappa shape index (κ1) is 21.5. The molecule has 0 amide bonds. The monoisotopic (exact) mass is 450 g/mol. The number of Topliss-reactive ketones (excluding diaryl/α,β-unsaturated/α-hetero) is 1. The molecule has 0 aromatic rings. The molecule has 1 heterocycles. The lowest BCUT2D eigenvalue weighted by Crippen LogP contribution is -2.62. The van der Waals surface area contributed by atoms with E-state index in [1.54, 1.807) is 12.2 Å². The number of allylic oxidation sites excluding steroid dienone is 2. The highest BCUT2D eigenvalue weighted by atomic mass is 32.2. The number of hydrogen-bond acceptors (Lipinski definition) is 7. The Morgan fingerprint density at radius 3 is 2.71 bits per heavy atom. The molecule has 5 rings (SSSR count). The number of carbonyl (C=O) groups excluding carboxylic acids is 2. The second-order valence-corrected chi connectivity index (χ2v) is 12.3. The van der Waals surface area contributed by atoms with E-state index in [4.69, 9.17) is 8.92 Å². The van der Waals surface area contributed by atoms with E-state index in [0.717, 1.165) is 24.7 Å². The Balaban J connectivity index is 1.51. The van der Waals surface area contributed by atoms with Crippen LogP contribution >= 0.6 is 0 Å². The molecular formula is C23H30O7S. The van der Waals surface area contributed by atoms with Gasteiger partial charge in [0.25, 0.3) is 10.1 Å². The van der Waals surface area contributed by atoms with Crippen molar-refractivity contribution in [2.24, 2.45) is 28.6 Å². The Morgan fingerprint density at radius 1 is 1.32 bits per heavy atom. The van der Waals surface area contributed by atoms with Crippen molar-refractivity contribution in [3.63, 3.8) is 0 Å². The number of epoxide rings is 1. The maximum atomic E-state index is 13.2. The first-order valence-electron chi connectivity index (χ1n) is 11.0. The SMILES string of the molecule is C[C@@H]1C[C@H]2[C@@H]3CCC4=CC(=O)C=C[C@]4(C)[C@@]34O[C@H]4C[C@]2(C)[C@@]1(O)C(=O)COS(C)(=O)=O. The van der Waals surface area contributed by atoms with Crippen molar-refractivity contribution in [2.45, 2.75) is 63.8 Å². The first-order chi connectivity index (χ1) is 14.3. The predicted octanol–water partition coefficient (Wildman–Crippen LogP) is 1.95. The minimum atomic E-state index is -3.79. The lowest BCUT2D eigenvalue weighted by atomic mass is 9.46. The molecule has 1 saturated heterocycles. The molecule has 8 heteroatoms. The molecule has 1 N–H and O–H groups in total. The van der Waals surface area contributed by atoms with Gasteiger partial charge in [0, 0.05) is 10.8 Å². The predicted molar refractivity (Wildman–Crippen MR) is 111 cm³/mol. The number of ketones is 2. The fourth-order valence-corrected chi connectivity index (χ4v) is 8.17. The van der Waals surface area contributed by atoms with Gasteiger partial charge in [-0.1, -0.05) is 25.5 Å². The topological polar surface area (TPSA) is 110 Å². The zero-order chi connectivity index (χ0) is 22.6. The van der Waals surface area contributed by atoms with Crippen molar-refractivity contribution < 1.29 is 32.0 Å². The third-order valence-electron chi connectivity index (χ3n) is 9.34. The van der Waals surface area contributed by atoms with E-state index < -0.39 is 39.1 Å². The molecule has 170 valence electrons. The highest BCUT2D eigenvalue weighted by molar-refractivity contribution is 7.86. The molecule has 31 heavy (non-hydrogen) atoms. The van der Waals surface area contributed by atoms with Gasteiger partial charge in [0.05, 0.1) is 12.4 Å². The molecule has 0 aromatic heterocycles. The van der Waals surface area contributed by atoms with Gasteiger partial charge in [-0.3, -0.25) is 13.8 Å². The van der Waals surface area contributed by atoms with Gasteiger partial charge in [0.15, 0.2) is 11.6 Å². The van der Waals surface area contributed by atoms with Gasteiger partial charge in [-0.05, 0) is 62.5 Å². The van der Waals surface area contributed by atoms with Gasteiger partial charge < -0.3 is 9.84 Å². The number of fused-ring (bicyclic) bond motifs is 3. The molecule has 7 nitrogen and oxygen atoms in total. The maximum Gasteiger partial charge on any atom is 0.264 e. The lowest BCUT2D eigenvalue weighted by Gasteiger charge is -2.55. The molecule has 0 radical (unpaired) electrons. The number of ether oxygens (including phenoxy) is 1. The first-order valence-corrected chi connectivity index (χ1v) is 12.8. The summed E-state index contributed by atoms with van der Waals surface area (Å²) in [5.74, 6) is -0.676. The van der Waals surface area contributed by atoms with Crippen LogP contribution < -0.4 is 0 Å². The molecule has 0 aromatic carbocycles. The summed E-state index contributed by atoms with van der Waals surface area (Å²) in [7, 11) is -3.79. The summed E-state index contributed by atoms with van der Waals surface area (Å²) in [6.45, 7) is 5.32. The van der Waals surface area contributed by atoms with E-state index in [0.29, 0.717) is 12.8 Å². The summed E-state index contributed by atoms with van der Waals surface area (Å²) in [5.41, 5.74) is -2.05. The Bertz CT molecular complexity index is 1040. The van der Waals surface area contributed by atoms with Crippen molar-refractivity contribution in [3.8, 4) is 0 Å². The molecule has 0 unspecified atom stereocenters. The molecule has 5 aliphatic rings. The van der Waals surface area contributed by atoms with Crippen molar-refractivity contribution in [1.82, 2.24) is 0 Å². The van der Waals surface area contributed by atoms with Gasteiger partial charge in [-0.2, -0.15) is 8.42 Å². The number of aliphatic hydroxyl groups is 1. The Labute approximate surface area is 183 Å². The standard InChI is InChI=1S/C23H30O7S/c1-13-9-17-16-6-5-14-10-15(24)7-8-20(14,2)23(16)19(30-23)11-21(17,3)22(13,26)18(25)12-29-31(4,27)28/h7-8,10,13,16-17,19,26H,5-6,9,11-12H2,1-4H3/t13-,16+,17+,19+,20+,21+,22+,23-/m1/s1. The molecule has 1 spiro atoms. The fourth-order valence-electron chi connectivity index (χ4n) is 7.85. The van der Waals surface area contributed by atoms with Crippen LogP contribution in [0.15, 0.2) is 23.8 Å². The van der Waals surface area contributed by atoms with Crippen LogP contribution in [0.5, 0.6) is 0 Å². The highest BCUT2D eigenvalue weighted by Gasteiger charge is 2.81. The second-order valence-electron chi connectivity index (χ2n) is 10.7. The van der Waals surface area contributed by atoms with Crippen molar-refractivity contribution in [1.29, 1.82) is 0 Å². The summed E-state index contributed by atoms with van der Waals surface area (Å²) < 4.78 is 34.1. The average molecular weight is 451 g/mol. The third kappa shape index (κ3) is 2.53. The number of hydrogen-bond donors (Lipinski definition) is 1.